The first-order chi connectivity index (χ1) is 15.0. The van der Waals surface area contributed by atoms with Crippen molar-refractivity contribution in [1.82, 2.24) is 9.88 Å². The Labute approximate surface area is 190 Å². The van der Waals surface area contributed by atoms with Gasteiger partial charge in [-0.3, -0.25) is 9.29 Å². The summed E-state index contributed by atoms with van der Waals surface area (Å²) < 4.78 is 23.0. The molecule has 2 atom stereocenters. The molecule has 1 saturated heterocycles. The molecule has 1 saturated carbocycles. The molecular formula is C21H29FN2O5S2. The largest absolute Gasteiger partial charge is 0.464 e. The Kier molecular flexibility index (Phi) is 8.74. The number of aliphatic hydroxyl groups excluding tert-OH is 1. The first-order valence-corrected chi connectivity index (χ1v) is 12.4. The third-order valence-corrected chi connectivity index (χ3v) is 8.00. The second kappa shape index (κ2) is 11.3. The van der Waals surface area contributed by atoms with Crippen molar-refractivity contribution < 1.29 is 28.6 Å². The molecule has 1 N–H and O–H groups in total. The number of nitrogens with zero attached hydrogens (tertiary/aromatic N) is 2. The fraction of sp³-hybridized carbons (Fsp3) is 0.667. The number of aromatic nitrogens is 1. The van der Waals surface area contributed by atoms with Gasteiger partial charge in [0.2, 0.25) is 0 Å². The molecule has 10 heteroatoms. The van der Waals surface area contributed by atoms with E-state index in [4.69, 9.17) is 4.74 Å². The van der Waals surface area contributed by atoms with Crippen LogP contribution >= 0.6 is 23.1 Å². The second-order valence-electron chi connectivity index (χ2n) is 7.87. The van der Waals surface area contributed by atoms with Crippen LogP contribution in [-0.2, 0) is 9.47 Å². The van der Waals surface area contributed by atoms with E-state index in [1.807, 2.05) is 6.08 Å². The summed E-state index contributed by atoms with van der Waals surface area (Å²) in [5, 5.41) is 12.4. The minimum Gasteiger partial charge on any atom is -0.464 e. The fourth-order valence-corrected chi connectivity index (χ4v) is 5.77. The lowest BCUT2D eigenvalue weighted by molar-refractivity contribution is -0.0147. The highest BCUT2D eigenvalue weighted by atomic mass is 32.2. The Hall–Kier alpha value is -1.65. The van der Waals surface area contributed by atoms with Crippen LogP contribution in [0.1, 0.15) is 49.0 Å². The molecule has 2 fully saturated rings. The van der Waals surface area contributed by atoms with Crippen LogP contribution in [0.15, 0.2) is 21.9 Å². The summed E-state index contributed by atoms with van der Waals surface area (Å²) in [5.41, 5.74) is 0.125. The monoisotopic (exact) mass is 472 g/mol. The molecule has 0 spiro atoms. The first kappa shape index (κ1) is 24.0. The van der Waals surface area contributed by atoms with E-state index in [1.54, 1.807) is 16.4 Å². The average molecular weight is 473 g/mol. The number of hydrogen-bond acceptors (Lipinski definition) is 8. The lowest BCUT2D eigenvalue weighted by Crippen LogP contribution is -2.41. The van der Waals surface area contributed by atoms with Gasteiger partial charge >= 0.3 is 12.1 Å². The van der Waals surface area contributed by atoms with Gasteiger partial charge in [-0.15, -0.1) is 11.3 Å². The maximum absolute atomic E-state index is 12.4. The fourth-order valence-electron chi connectivity index (χ4n) is 3.97. The number of thiazole rings is 1. The normalized spacial score (nSPS) is 21.2. The maximum atomic E-state index is 12.4. The molecule has 3 rings (SSSR count). The number of alkyl halides is 1. The molecule has 2 heterocycles. The highest BCUT2D eigenvalue weighted by Crippen LogP contribution is 2.48. The smallest absolute Gasteiger partial charge is 0.410 e. The number of carbonyl (C=O) groups is 2. The summed E-state index contributed by atoms with van der Waals surface area (Å²) in [6.45, 7) is 0.399. The summed E-state index contributed by atoms with van der Waals surface area (Å²) >= 11 is 2.82. The number of methoxy groups -OCH3 is 1. The maximum Gasteiger partial charge on any atom is 0.410 e. The second-order valence-corrected chi connectivity index (χ2v) is 10.1. The van der Waals surface area contributed by atoms with Gasteiger partial charge in [-0.2, -0.15) is 0 Å². The Morgan fingerprint density at radius 1 is 1.55 bits per heavy atom. The van der Waals surface area contributed by atoms with E-state index < -0.39 is 12.1 Å². The molecule has 2 unspecified atom stereocenters. The van der Waals surface area contributed by atoms with Gasteiger partial charge in [-0.25, -0.2) is 14.6 Å². The van der Waals surface area contributed by atoms with Crippen molar-refractivity contribution in [3.63, 3.8) is 0 Å². The zero-order valence-electron chi connectivity index (χ0n) is 17.6. The Balaban J connectivity index is 1.51. The minimum absolute atomic E-state index is 0.155. The van der Waals surface area contributed by atoms with Gasteiger partial charge in [-0.05, 0) is 31.1 Å². The van der Waals surface area contributed by atoms with Crippen LogP contribution in [0.5, 0.6) is 0 Å². The number of unbranched alkanes of at least 4 members (excludes halogenated alkanes) is 1. The van der Waals surface area contributed by atoms with E-state index in [1.165, 1.54) is 30.2 Å². The van der Waals surface area contributed by atoms with Crippen molar-refractivity contribution in [2.75, 3.05) is 32.7 Å². The molecule has 1 aromatic rings. The number of aliphatic hydroxyl groups is 1. The average Bonchev–Trinajstić information content (AvgIpc) is 3.35. The number of amides is 1. The predicted molar refractivity (Wildman–Crippen MR) is 117 cm³/mol. The van der Waals surface area contributed by atoms with Crippen molar-refractivity contribution in [2.24, 2.45) is 5.41 Å². The van der Waals surface area contributed by atoms with Crippen molar-refractivity contribution >= 4 is 35.2 Å². The van der Waals surface area contributed by atoms with Crippen LogP contribution in [0, 0.1) is 5.41 Å². The van der Waals surface area contributed by atoms with Gasteiger partial charge < -0.3 is 14.6 Å². The van der Waals surface area contributed by atoms with Gasteiger partial charge in [0.15, 0.2) is 10.0 Å². The third-order valence-electron chi connectivity index (χ3n) is 6.00. The molecule has 172 valence electrons. The molecule has 2 aliphatic rings. The van der Waals surface area contributed by atoms with E-state index in [9.17, 15) is 19.1 Å². The van der Waals surface area contributed by atoms with E-state index >= 15 is 0 Å². The van der Waals surface area contributed by atoms with Crippen LogP contribution in [0.25, 0.3) is 0 Å². The zero-order chi connectivity index (χ0) is 22.3. The molecular weight excluding hydrogens is 443 g/mol. The number of ether oxygens (including phenoxy) is 2. The SMILES string of the molecule is COC(=O)c1csc(SCCN2C(=O)OCC2C=CC(O)C2(CCCCF)CCC2)n1. The van der Waals surface area contributed by atoms with E-state index in [0.717, 1.165) is 36.4 Å². The quantitative estimate of drug-likeness (QED) is 0.212. The van der Waals surface area contributed by atoms with Crippen molar-refractivity contribution in [3.8, 4) is 0 Å². The van der Waals surface area contributed by atoms with Crippen LogP contribution in [0.3, 0.4) is 0 Å². The van der Waals surface area contributed by atoms with Gasteiger partial charge in [0.25, 0.3) is 0 Å². The molecule has 1 amide bonds. The van der Waals surface area contributed by atoms with Crippen molar-refractivity contribution in [3.05, 3.63) is 23.2 Å². The summed E-state index contributed by atoms with van der Waals surface area (Å²) in [6, 6.07) is -0.229. The molecule has 0 aromatic carbocycles. The van der Waals surface area contributed by atoms with Crippen LogP contribution in [-0.4, -0.2) is 71.9 Å². The van der Waals surface area contributed by atoms with E-state index in [-0.39, 0.29) is 36.5 Å². The van der Waals surface area contributed by atoms with Crippen LogP contribution < -0.4 is 0 Å². The minimum atomic E-state index is -0.597. The molecule has 1 aromatic heterocycles. The molecule has 1 aliphatic carbocycles. The molecule has 1 aliphatic heterocycles. The first-order valence-electron chi connectivity index (χ1n) is 10.5. The number of cyclic esters (lactones) is 1. The molecule has 7 nitrogen and oxygen atoms in total. The summed E-state index contributed by atoms with van der Waals surface area (Å²) in [5.74, 6) is 0.132. The number of rotatable bonds is 12. The van der Waals surface area contributed by atoms with Gasteiger partial charge in [0.05, 0.1) is 25.9 Å². The van der Waals surface area contributed by atoms with Crippen LogP contribution in [0.2, 0.25) is 0 Å². The van der Waals surface area contributed by atoms with E-state index in [0.29, 0.717) is 18.7 Å². The van der Waals surface area contributed by atoms with E-state index in [2.05, 4.69) is 9.72 Å². The molecule has 0 radical (unpaired) electrons. The standard InChI is InChI=1S/C21H29FN2O5S2/c1-28-18(26)16-14-31-19(23-16)30-12-11-24-15(13-29-20(24)27)5-6-17(25)21(8-4-9-21)7-2-3-10-22/h5-6,14-15,17,25H,2-4,7-13H2,1H3. The predicted octanol–water partition coefficient (Wildman–Crippen LogP) is 4.07. The Morgan fingerprint density at radius 3 is 3.03 bits per heavy atom. The van der Waals surface area contributed by atoms with Gasteiger partial charge in [0.1, 0.15) is 6.61 Å². The number of carbonyl (C=O) groups excluding carboxylic acids is 2. The summed E-state index contributed by atoms with van der Waals surface area (Å²) in [6.07, 6.45) is 7.80. The third kappa shape index (κ3) is 5.98. The number of esters is 1. The highest BCUT2D eigenvalue weighted by molar-refractivity contribution is 8.01. The Morgan fingerprint density at radius 2 is 2.35 bits per heavy atom. The molecule has 0 bridgehead atoms. The summed E-state index contributed by atoms with van der Waals surface area (Å²) in [7, 11) is 1.31. The lowest BCUT2D eigenvalue weighted by atomic mass is 9.62. The van der Waals surface area contributed by atoms with Crippen molar-refractivity contribution in [2.45, 2.75) is 55.0 Å². The van der Waals surface area contributed by atoms with Crippen LogP contribution in [0.4, 0.5) is 9.18 Å². The number of hydrogen-bond donors (Lipinski definition) is 1. The summed E-state index contributed by atoms with van der Waals surface area (Å²) in [4.78, 5) is 29.5. The Bertz CT molecular complexity index is 784. The molecule has 31 heavy (non-hydrogen) atoms. The zero-order valence-corrected chi connectivity index (χ0v) is 19.3. The van der Waals surface area contributed by atoms with Gasteiger partial charge in [-0.1, -0.05) is 36.8 Å². The number of thioether (sulfide) groups is 1. The lowest BCUT2D eigenvalue weighted by Gasteiger charge is -2.45. The van der Waals surface area contributed by atoms with Gasteiger partial charge in [0, 0.05) is 17.7 Å². The highest BCUT2D eigenvalue weighted by Gasteiger charge is 2.42. The topological polar surface area (TPSA) is 89.0 Å². The number of halogens is 1. The van der Waals surface area contributed by atoms with Crippen molar-refractivity contribution in [1.29, 1.82) is 0 Å².